The monoisotopic (exact) mass is 271 g/mol. The number of ketones is 1. The Labute approximate surface area is 117 Å². The maximum absolute atomic E-state index is 12.5. The van der Waals surface area contributed by atoms with Gasteiger partial charge >= 0.3 is 5.97 Å². The van der Waals surface area contributed by atoms with Crippen LogP contribution in [0.2, 0.25) is 0 Å². The topological polar surface area (TPSA) is 59.3 Å². The lowest BCUT2D eigenvalue weighted by molar-refractivity contribution is -0.136. The van der Waals surface area contributed by atoms with Crippen LogP contribution in [0.4, 0.5) is 0 Å². The zero-order valence-corrected chi connectivity index (χ0v) is 11.5. The highest BCUT2D eigenvalue weighted by molar-refractivity contribution is 6.08. The van der Waals surface area contributed by atoms with Crippen molar-refractivity contribution in [1.82, 2.24) is 4.57 Å². The minimum atomic E-state index is -0.899. The number of rotatable bonds is 5. The summed E-state index contributed by atoms with van der Waals surface area (Å²) in [5.74, 6) is -0.986. The largest absolute Gasteiger partial charge is 0.481 e. The van der Waals surface area contributed by atoms with E-state index in [2.05, 4.69) is 0 Å². The van der Waals surface area contributed by atoms with Crippen LogP contribution in [0.25, 0.3) is 0 Å². The predicted molar refractivity (Wildman–Crippen MR) is 76.0 cm³/mol. The van der Waals surface area contributed by atoms with Crippen LogP contribution in [-0.2, 0) is 11.2 Å². The molecule has 0 amide bonds. The van der Waals surface area contributed by atoms with Gasteiger partial charge in [0.15, 0.2) is 0 Å². The lowest BCUT2D eigenvalue weighted by Crippen LogP contribution is -2.16. The smallest absolute Gasteiger partial charge is 0.309 e. The van der Waals surface area contributed by atoms with Crippen molar-refractivity contribution in [3.63, 3.8) is 0 Å². The molecule has 104 valence electrons. The number of aromatic nitrogens is 1. The molecule has 0 fully saturated rings. The third-order valence-corrected chi connectivity index (χ3v) is 3.12. The van der Waals surface area contributed by atoms with E-state index in [1.54, 1.807) is 28.8 Å². The number of benzene rings is 1. The fourth-order valence-electron chi connectivity index (χ4n) is 2.32. The summed E-state index contributed by atoms with van der Waals surface area (Å²) >= 11 is 0. The number of aliphatic carboxylic acids is 1. The molecule has 0 unspecified atom stereocenters. The Balaban J connectivity index is 2.44. The molecule has 0 radical (unpaired) electrons. The Bertz CT molecular complexity index is 626. The third kappa shape index (κ3) is 2.79. The van der Waals surface area contributed by atoms with Gasteiger partial charge in [-0.15, -0.1) is 0 Å². The highest BCUT2D eigenvalue weighted by Gasteiger charge is 2.19. The van der Waals surface area contributed by atoms with Crippen molar-refractivity contribution in [2.75, 3.05) is 0 Å². The maximum Gasteiger partial charge on any atom is 0.309 e. The van der Waals surface area contributed by atoms with Gasteiger partial charge in [-0.05, 0) is 26.0 Å². The first-order valence-electron chi connectivity index (χ1n) is 6.52. The summed E-state index contributed by atoms with van der Waals surface area (Å²) in [5.41, 5.74) is 1.78. The fraction of sp³-hybridized carbons (Fsp3) is 0.250. The Morgan fingerprint density at radius 1 is 1.10 bits per heavy atom. The number of carbonyl (C=O) groups excluding carboxylic acids is 1. The number of nitrogens with zero attached hydrogens (tertiary/aromatic N) is 1. The number of hydrogen-bond donors (Lipinski definition) is 1. The fourth-order valence-corrected chi connectivity index (χ4v) is 2.32. The number of carbonyl (C=O) groups is 2. The summed E-state index contributed by atoms with van der Waals surface area (Å²) < 4.78 is 1.80. The molecule has 1 heterocycles. The van der Waals surface area contributed by atoms with Crippen LogP contribution in [-0.4, -0.2) is 21.4 Å². The van der Waals surface area contributed by atoms with Crippen molar-refractivity contribution in [2.45, 2.75) is 26.3 Å². The van der Waals surface area contributed by atoms with Gasteiger partial charge in [0.2, 0.25) is 5.78 Å². The van der Waals surface area contributed by atoms with E-state index in [0.717, 1.165) is 0 Å². The van der Waals surface area contributed by atoms with Crippen LogP contribution in [0.15, 0.2) is 42.5 Å². The Morgan fingerprint density at radius 2 is 1.75 bits per heavy atom. The van der Waals surface area contributed by atoms with E-state index in [-0.39, 0.29) is 18.2 Å². The molecular formula is C16H17NO3. The molecule has 0 saturated heterocycles. The van der Waals surface area contributed by atoms with E-state index in [9.17, 15) is 9.59 Å². The Kier molecular flexibility index (Phi) is 4.03. The van der Waals surface area contributed by atoms with Crippen molar-refractivity contribution < 1.29 is 14.7 Å². The lowest BCUT2D eigenvalue weighted by atomic mass is 10.1. The van der Waals surface area contributed by atoms with Crippen LogP contribution in [0.5, 0.6) is 0 Å². The second kappa shape index (κ2) is 5.74. The van der Waals surface area contributed by atoms with Gasteiger partial charge in [-0.25, -0.2) is 0 Å². The molecule has 1 N–H and O–H groups in total. The van der Waals surface area contributed by atoms with Gasteiger partial charge in [0.25, 0.3) is 0 Å². The van der Waals surface area contributed by atoms with Gasteiger partial charge < -0.3 is 9.67 Å². The molecule has 20 heavy (non-hydrogen) atoms. The molecule has 0 aliphatic heterocycles. The summed E-state index contributed by atoms with van der Waals surface area (Å²) in [4.78, 5) is 23.4. The van der Waals surface area contributed by atoms with E-state index in [0.29, 0.717) is 17.0 Å². The molecule has 0 atom stereocenters. The molecule has 0 aliphatic rings. The minimum Gasteiger partial charge on any atom is -0.481 e. The average Bonchev–Trinajstić information content (AvgIpc) is 2.81. The second-order valence-corrected chi connectivity index (χ2v) is 4.94. The molecule has 0 bridgehead atoms. The van der Waals surface area contributed by atoms with Crippen LogP contribution in [0.1, 0.15) is 41.6 Å². The van der Waals surface area contributed by atoms with Crippen LogP contribution < -0.4 is 0 Å². The number of hydrogen-bond acceptors (Lipinski definition) is 2. The molecule has 0 aliphatic carbocycles. The summed E-state index contributed by atoms with van der Waals surface area (Å²) in [7, 11) is 0. The minimum absolute atomic E-state index is 0.0296. The van der Waals surface area contributed by atoms with Gasteiger partial charge in [0.1, 0.15) is 0 Å². The van der Waals surface area contributed by atoms with E-state index in [4.69, 9.17) is 5.11 Å². The number of carboxylic acids is 1. The van der Waals surface area contributed by atoms with Gasteiger partial charge in [-0.2, -0.15) is 0 Å². The van der Waals surface area contributed by atoms with Gasteiger partial charge in [0, 0.05) is 17.3 Å². The molecule has 2 aromatic rings. The van der Waals surface area contributed by atoms with Crippen LogP contribution in [0, 0.1) is 0 Å². The first-order chi connectivity index (χ1) is 9.50. The van der Waals surface area contributed by atoms with Crippen molar-refractivity contribution in [3.05, 3.63) is 59.4 Å². The maximum atomic E-state index is 12.5. The zero-order chi connectivity index (χ0) is 14.7. The van der Waals surface area contributed by atoms with Crippen molar-refractivity contribution in [1.29, 1.82) is 0 Å². The van der Waals surface area contributed by atoms with Gasteiger partial charge in [-0.1, -0.05) is 30.3 Å². The highest BCUT2D eigenvalue weighted by Crippen LogP contribution is 2.20. The van der Waals surface area contributed by atoms with Gasteiger partial charge in [0.05, 0.1) is 12.1 Å². The molecule has 2 rings (SSSR count). The molecule has 0 spiro atoms. The summed E-state index contributed by atoms with van der Waals surface area (Å²) in [6, 6.07) is 12.4. The molecule has 4 nitrogen and oxygen atoms in total. The van der Waals surface area contributed by atoms with Gasteiger partial charge in [-0.3, -0.25) is 9.59 Å². The number of carboxylic acid groups (broad SMARTS) is 1. The van der Waals surface area contributed by atoms with E-state index >= 15 is 0 Å². The summed E-state index contributed by atoms with van der Waals surface area (Å²) in [6.07, 6.45) is -0.0831. The summed E-state index contributed by atoms with van der Waals surface area (Å²) in [6.45, 7) is 3.88. The van der Waals surface area contributed by atoms with E-state index < -0.39 is 5.97 Å². The van der Waals surface area contributed by atoms with Crippen LogP contribution in [0.3, 0.4) is 0 Å². The first-order valence-corrected chi connectivity index (χ1v) is 6.52. The quantitative estimate of drug-likeness (QED) is 0.850. The second-order valence-electron chi connectivity index (χ2n) is 4.94. The highest BCUT2D eigenvalue weighted by atomic mass is 16.4. The lowest BCUT2D eigenvalue weighted by Gasteiger charge is -2.16. The SMILES string of the molecule is CC(C)n1c(CC(=O)O)ccc1C(=O)c1ccccc1. The molecule has 4 heteroatoms. The van der Waals surface area contributed by atoms with Crippen molar-refractivity contribution in [2.24, 2.45) is 0 Å². The van der Waals surface area contributed by atoms with E-state index in [1.807, 2.05) is 32.0 Å². The van der Waals surface area contributed by atoms with E-state index in [1.165, 1.54) is 0 Å². The standard InChI is InChI=1S/C16H17NO3/c1-11(2)17-13(10-15(18)19)8-9-14(17)16(20)12-6-4-3-5-7-12/h3-9,11H,10H2,1-2H3,(H,18,19). The molecule has 0 saturated carbocycles. The average molecular weight is 271 g/mol. The Hall–Kier alpha value is -2.36. The zero-order valence-electron chi connectivity index (χ0n) is 11.5. The normalized spacial score (nSPS) is 10.8. The molecule has 1 aromatic heterocycles. The first kappa shape index (κ1) is 14.1. The molecular weight excluding hydrogens is 254 g/mol. The summed E-state index contributed by atoms with van der Waals surface area (Å²) in [5, 5.41) is 8.94. The van der Waals surface area contributed by atoms with Crippen LogP contribution >= 0.6 is 0 Å². The molecule has 1 aromatic carbocycles. The predicted octanol–water partition coefficient (Wildman–Crippen LogP) is 2.93. The Morgan fingerprint density at radius 3 is 2.30 bits per heavy atom. The van der Waals surface area contributed by atoms with Crippen molar-refractivity contribution in [3.8, 4) is 0 Å². The van der Waals surface area contributed by atoms with Crippen molar-refractivity contribution >= 4 is 11.8 Å². The third-order valence-electron chi connectivity index (χ3n) is 3.12.